The SMILES string of the molecule is CC(=O)c1ccc(C2=C(c3ccc(S(C)(=O)=O)cc3)COC2=O)cc1. The minimum Gasteiger partial charge on any atom is -0.457 e. The van der Waals surface area contributed by atoms with Gasteiger partial charge in [0.05, 0.1) is 10.5 Å². The predicted octanol–water partition coefficient (Wildman–Crippen LogP) is 2.76. The maximum atomic E-state index is 12.2. The summed E-state index contributed by atoms with van der Waals surface area (Å²) in [5, 5.41) is 0. The molecule has 0 spiro atoms. The van der Waals surface area contributed by atoms with Crippen LogP contribution in [0.25, 0.3) is 11.1 Å². The van der Waals surface area contributed by atoms with Crippen molar-refractivity contribution in [3.05, 3.63) is 65.2 Å². The number of ether oxygens (including phenoxy) is 1. The van der Waals surface area contributed by atoms with Crippen LogP contribution >= 0.6 is 0 Å². The summed E-state index contributed by atoms with van der Waals surface area (Å²) in [7, 11) is -3.28. The van der Waals surface area contributed by atoms with Gasteiger partial charge < -0.3 is 4.74 Å². The maximum absolute atomic E-state index is 12.2. The van der Waals surface area contributed by atoms with E-state index in [0.717, 1.165) is 11.8 Å². The number of ketones is 1. The number of cyclic esters (lactones) is 1. The molecule has 0 bridgehead atoms. The molecule has 0 atom stereocenters. The molecule has 0 N–H and O–H groups in total. The van der Waals surface area contributed by atoms with Crippen LogP contribution in [0.3, 0.4) is 0 Å². The van der Waals surface area contributed by atoms with Crippen molar-refractivity contribution in [2.24, 2.45) is 0 Å². The second-order valence-corrected chi connectivity index (χ2v) is 7.88. The monoisotopic (exact) mass is 356 g/mol. The number of esters is 1. The molecule has 2 aromatic carbocycles. The van der Waals surface area contributed by atoms with E-state index >= 15 is 0 Å². The van der Waals surface area contributed by atoms with Crippen molar-refractivity contribution in [1.82, 2.24) is 0 Å². The van der Waals surface area contributed by atoms with Crippen molar-refractivity contribution in [2.45, 2.75) is 11.8 Å². The van der Waals surface area contributed by atoms with E-state index in [9.17, 15) is 18.0 Å². The Morgan fingerprint density at radius 3 is 2.04 bits per heavy atom. The Morgan fingerprint density at radius 2 is 1.52 bits per heavy atom. The smallest absolute Gasteiger partial charge is 0.339 e. The molecule has 0 amide bonds. The highest BCUT2D eigenvalue weighted by Crippen LogP contribution is 2.33. The van der Waals surface area contributed by atoms with Crippen LogP contribution in [-0.2, 0) is 19.4 Å². The molecule has 5 nitrogen and oxygen atoms in total. The van der Waals surface area contributed by atoms with Gasteiger partial charge in [-0.25, -0.2) is 13.2 Å². The lowest BCUT2D eigenvalue weighted by molar-refractivity contribution is -0.133. The molecule has 1 aliphatic heterocycles. The third-order valence-corrected chi connectivity index (χ3v) is 5.19. The van der Waals surface area contributed by atoms with E-state index in [2.05, 4.69) is 0 Å². The van der Waals surface area contributed by atoms with Gasteiger partial charge in [-0.15, -0.1) is 0 Å². The Hall–Kier alpha value is -2.73. The molecule has 0 fully saturated rings. The van der Waals surface area contributed by atoms with E-state index in [-0.39, 0.29) is 17.3 Å². The zero-order valence-corrected chi connectivity index (χ0v) is 14.6. The second kappa shape index (κ2) is 6.29. The van der Waals surface area contributed by atoms with Gasteiger partial charge in [0.1, 0.15) is 6.61 Å². The average Bonchev–Trinajstić information content (AvgIpc) is 2.96. The number of hydrogen-bond donors (Lipinski definition) is 0. The molecule has 128 valence electrons. The van der Waals surface area contributed by atoms with Gasteiger partial charge >= 0.3 is 5.97 Å². The zero-order valence-electron chi connectivity index (χ0n) is 13.8. The summed E-state index contributed by atoms with van der Waals surface area (Å²) >= 11 is 0. The third kappa shape index (κ3) is 3.39. The Bertz CT molecular complexity index is 981. The fourth-order valence-electron chi connectivity index (χ4n) is 2.70. The normalized spacial score (nSPS) is 14.6. The molecule has 0 radical (unpaired) electrons. The molecular weight excluding hydrogens is 340 g/mol. The first-order valence-corrected chi connectivity index (χ1v) is 9.48. The summed E-state index contributed by atoms with van der Waals surface area (Å²) in [6, 6.07) is 13.1. The maximum Gasteiger partial charge on any atom is 0.339 e. The molecule has 0 aromatic heterocycles. The van der Waals surface area contributed by atoms with Crippen molar-refractivity contribution in [2.75, 3.05) is 12.9 Å². The number of rotatable bonds is 4. The number of carbonyl (C=O) groups excluding carboxylic acids is 2. The van der Waals surface area contributed by atoms with Gasteiger partial charge in [-0.3, -0.25) is 4.79 Å². The van der Waals surface area contributed by atoms with E-state index in [1.165, 1.54) is 19.1 Å². The summed E-state index contributed by atoms with van der Waals surface area (Å²) in [5.41, 5.74) is 3.08. The first kappa shape index (κ1) is 17.1. The van der Waals surface area contributed by atoms with Crippen LogP contribution < -0.4 is 0 Å². The average molecular weight is 356 g/mol. The van der Waals surface area contributed by atoms with Gasteiger partial charge in [-0.2, -0.15) is 0 Å². The lowest BCUT2D eigenvalue weighted by Gasteiger charge is -2.06. The van der Waals surface area contributed by atoms with Gasteiger partial charge in [0, 0.05) is 17.4 Å². The molecule has 6 heteroatoms. The molecular formula is C19H16O5S. The lowest BCUT2D eigenvalue weighted by Crippen LogP contribution is -2.00. The van der Waals surface area contributed by atoms with Crippen molar-refractivity contribution < 1.29 is 22.7 Å². The highest BCUT2D eigenvalue weighted by molar-refractivity contribution is 7.90. The summed E-state index contributed by atoms with van der Waals surface area (Å²) < 4.78 is 28.3. The predicted molar refractivity (Wildman–Crippen MR) is 93.8 cm³/mol. The van der Waals surface area contributed by atoms with Gasteiger partial charge in [-0.05, 0) is 30.2 Å². The summed E-state index contributed by atoms with van der Waals surface area (Å²) in [6.07, 6.45) is 1.14. The topological polar surface area (TPSA) is 77.5 Å². The Labute approximate surface area is 145 Å². The molecule has 0 aliphatic carbocycles. The van der Waals surface area contributed by atoms with Crippen LogP contribution in [0, 0.1) is 0 Å². The van der Waals surface area contributed by atoms with E-state index in [1.54, 1.807) is 36.4 Å². The fourth-order valence-corrected chi connectivity index (χ4v) is 3.33. The van der Waals surface area contributed by atoms with E-state index < -0.39 is 15.8 Å². The highest BCUT2D eigenvalue weighted by atomic mass is 32.2. The molecule has 1 heterocycles. The number of sulfone groups is 1. The van der Waals surface area contributed by atoms with Crippen molar-refractivity contribution in [3.63, 3.8) is 0 Å². The Kier molecular flexibility index (Phi) is 4.30. The summed E-state index contributed by atoms with van der Waals surface area (Å²) in [5.74, 6) is -0.483. The quantitative estimate of drug-likeness (QED) is 0.622. The van der Waals surface area contributed by atoms with E-state index in [4.69, 9.17) is 4.74 Å². The van der Waals surface area contributed by atoms with Crippen LogP contribution in [0.5, 0.6) is 0 Å². The third-order valence-electron chi connectivity index (χ3n) is 4.06. The first-order valence-electron chi connectivity index (χ1n) is 7.59. The lowest BCUT2D eigenvalue weighted by atomic mass is 9.96. The zero-order chi connectivity index (χ0) is 18.2. The largest absolute Gasteiger partial charge is 0.457 e. The van der Waals surface area contributed by atoms with Gasteiger partial charge in [0.25, 0.3) is 0 Å². The second-order valence-electron chi connectivity index (χ2n) is 5.86. The highest BCUT2D eigenvalue weighted by Gasteiger charge is 2.27. The Morgan fingerprint density at radius 1 is 0.960 bits per heavy atom. The minimum absolute atomic E-state index is 0.0499. The molecule has 25 heavy (non-hydrogen) atoms. The van der Waals surface area contributed by atoms with Crippen LogP contribution in [0.2, 0.25) is 0 Å². The first-order chi connectivity index (χ1) is 11.8. The summed E-state index contributed by atoms with van der Waals surface area (Å²) in [4.78, 5) is 23.8. The molecule has 3 rings (SSSR count). The van der Waals surface area contributed by atoms with Gasteiger partial charge in [0.2, 0.25) is 0 Å². The molecule has 1 aliphatic rings. The van der Waals surface area contributed by atoms with Crippen LogP contribution in [0.4, 0.5) is 0 Å². The molecule has 2 aromatic rings. The van der Waals surface area contributed by atoms with Crippen molar-refractivity contribution in [1.29, 1.82) is 0 Å². The van der Waals surface area contributed by atoms with E-state index in [1.807, 2.05) is 0 Å². The van der Waals surface area contributed by atoms with Gasteiger partial charge in [0.15, 0.2) is 15.6 Å². The number of carbonyl (C=O) groups is 2. The standard InChI is InChI=1S/C19H16O5S/c1-12(20)13-3-5-15(6-4-13)18-17(11-24-19(18)21)14-7-9-16(10-8-14)25(2,22)23/h3-10H,11H2,1-2H3. The fraction of sp³-hybridized carbons (Fsp3) is 0.158. The van der Waals surface area contributed by atoms with E-state index in [0.29, 0.717) is 22.3 Å². The molecule has 0 saturated heterocycles. The molecule has 0 unspecified atom stereocenters. The van der Waals surface area contributed by atoms with Crippen LogP contribution in [0.1, 0.15) is 28.4 Å². The van der Waals surface area contributed by atoms with Crippen LogP contribution in [0.15, 0.2) is 53.4 Å². The van der Waals surface area contributed by atoms with Crippen LogP contribution in [-0.4, -0.2) is 33.0 Å². The number of hydrogen-bond acceptors (Lipinski definition) is 5. The number of benzene rings is 2. The van der Waals surface area contributed by atoms with Gasteiger partial charge in [-0.1, -0.05) is 36.4 Å². The number of Topliss-reactive ketones (excluding diaryl/α,β-unsaturated/α-hetero) is 1. The molecule has 0 saturated carbocycles. The summed E-state index contributed by atoms with van der Waals surface area (Å²) in [6.45, 7) is 1.60. The van der Waals surface area contributed by atoms with Crippen molar-refractivity contribution >= 4 is 32.7 Å². The minimum atomic E-state index is -3.28. The Balaban J connectivity index is 2.06. The van der Waals surface area contributed by atoms with Crippen molar-refractivity contribution in [3.8, 4) is 0 Å².